The van der Waals surface area contributed by atoms with Gasteiger partial charge in [0.2, 0.25) is 10.0 Å². The van der Waals surface area contributed by atoms with Gasteiger partial charge in [0.1, 0.15) is 40.6 Å². The van der Waals surface area contributed by atoms with Crippen molar-refractivity contribution in [3.63, 3.8) is 0 Å². The van der Waals surface area contributed by atoms with Crippen molar-refractivity contribution in [2.75, 3.05) is 5.75 Å². The largest absolute Gasteiger partial charge is 0.573 e. The summed E-state index contributed by atoms with van der Waals surface area (Å²) in [7, 11) is -4.05. The van der Waals surface area contributed by atoms with Crippen LogP contribution in [0.4, 0.5) is 35.1 Å². The van der Waals surface area contributed by atoms with Crippen molar-refractivity contribution in [3.8, 4) is 16.9 Å². The van der Waals surface area contributed by atoms with E-state index in [0.29, 0.717) is 16.7 Å². The van der Waals surface area contributed by atoms with Crippen LogP contribution in [0.2, 0.25) is 0 Å². The van der Waals surface area contributed by atoms with E-state index in [2.05, 4.69) is 9.89 Å². The summed E-state index contributed by atoms with van der Waals surface area (Å²) >= 11 is 0. The van der Waals surface area contributed by atoms with Crippen LogP contribution in [0.25, 0.3) is 22.1 Å². The van der Waals surface area contributed by atoms with Gasteiger partial charge >= 0.3 is 18.0 Å². The average Bonchev–Trinajstić information content (AvgIpc) is 3.45. The minimum atomic E-state index is -5.22. The number of ether oxygens (including phenoxy) is 1. The van der Waals surface area contributed by atoms with Crippen LogP contribution in [0.15, 0.2) is 39.8 Å². The number of rotatable bonds is 7. The summed E-state index contributed by atoms with van der Waals surface area (Å²) in [6.07, 6.45) is -4.49. The van der Waals surface area contributed by atoms with Gasteiger partial charge in [-0.3, -0.25) is 9.13 Å². The highest BCUT2D eigenvalue weighted by Gasteiger charge is 2.52. The van der Waals surface area contributed by atoms with Gasteiger partial charge in [0.05, 0.1) is 29.8 Å². The maximum Gasteiger partial charge on any atom is 0.573 e. The van der Waals surface area contributed by atoms with Gasteiger partial charge in [-0.15, -0.1) is 13.2 Å². The molecule has 2 aromatic heterocycles. The topological polar surface area (TPSA) is 108 Å². The normalized spacial score (nSPS) is 16.9. The zero-order chi connectivity index (χ0) is 30.1. The fourth-order valence-corrected chi connectivity index (χ4v) is 5.36. The Morgan fingerprint density at radius 1 is 1.15 bits per heavy atom. The van der Waals surface area contributed by atoms with Gasteiger partial charge in [-0.05, 0) is 13.0 Å². The zero-order valence-electron chi connectivity index (χ0n) is 20.4. The quantitative estimate of drug-likeness (QED) is 0.313. The van der Waals surface area contributed by atoms with Crippen molar-refractivity contribution in [1.29, 1.82) is 0 Å². The lowest BCUT2D eigenvalue weighted by Gasteiger charge is -2.19. The SMILES string of the molecule is CCS(=O)(=O)N[C@@H]1Cn2c(cn(Cc3noc4cc(OC(F)(F)F)cc(-c5c(F)cc(F)cc5F)c34)c2=O)C1(F)F. The molecule has 0 spiro atoms. The number of fused-ring (bicyclic) bond motifs is 2. The van der Waals surface area contributed by atoms with E-state index >= 15 is 8.78 Å². The molecule has 2 aromatic carbocycles. The lowest BCUT2D eigenvalue weighted by Crippen LogP contribution is -2.45. The second kappa shape index (κ2) is 9.57. The lowest BCUT2D eigenvalue weighted by atomic mass is 9.98. The summed E-state index contributed by atoms with van der Waals surface area (Å²) in [5.41, 5.74) is -4.26. The zero-order valence-corrected chi connectivity index (χ0v) is 21.2. The molecule has 0 unspecified atom stereocenters. The summed E-state index contributed by atoms with van der Waals surface area (Å²) in [5.74, 6) is -9.57. The molecule has 41 heavy (non-hydrogen) atoms. The second-order valence-electron chi connectivity index (χ2n) is 9.00. The molecule has 220 valence electrons. The van der Waals surface area contributed by atoms with E-state index in [4.69, 9.17) is 4.52 Å². The smallest absolute Gasteiger partial charge is 0.406 e. The van der Waals surface area contributed by atoms with E-state index in [1.807, 2.05) is 4.72 Å². The minimum Gasteiger partial charge on any atom is -0.406 e. The fourth-order valence-electron chi connectivity index (χ4n) is 4.54. The monoisotopic (exact) mass is 612 g/mol. The van der Waals surface area contributed by atoms with Crippen LogP contribution >= 0.6 is 0 Å². The molecule has 0 fully saturated rings. The Hall–Kier alpha value is -3.93. The molecular formula is C23H16F8N4O5S. The van der Waals surface area contributed by atoms with Crippen LogP contribution in [0.3, 0.4) is 0 Å². The Labute approximate surface area is 224 Å². The third kappa shape index (κ3) is 5.16. The molecule has 0 saturated heterocycles. The first kappa shape index (κ1) is 28.6. The van der Waals surface area contributed by atoms with Crippen LogP contribution in [-0.2, 0) is 29.0 Å². The molecule has 1 aliphatic heterocycles. The van der Waals surface area contributed by atoms with E-state index in [1.54, 1.807) is 0 Å². The van der Waals surface area contributed by atoms with Gasteiger partial charge in [-0.25, -0.2) is 31.1 Å². The van der Waals surface area contributed by atoms with Crippen molar-refractivity contribution in [2.24, 2.45) is 0 Å². The molecule has 4 aromatic rings. The van der Waals surface area contributed by atoms with Crippen molar-refractivity contribution in [3.05, 3.63) is 69.8 Å². The Kier molecular flexibility index (Phi) is 6.68. The molecular weight excluding hydrogens is 596 g/mol. The lowest BCUT2D eigenvalue weighted by molar-refractivity contribution is -0.274. The molecule has 1 aliphatic rings. The molecule has 3 heterocycles. The molecule has 1 N–H and O–H groups in total. The molecule has 0 bridgehead atoms. The van der Waals surface area contributed by atoms with Crippen LogP contribution < -0.4 is 15.1 Å². The Bertz CT molecular complexity index is 1820. The molecule has 0 saturated carbocycles. The van der Waals surface area contributed by atoms with Gasteiger partial charge in [-0.1, -0.05) is 5.16 Å². The first-order valence-electron chi connectivity index (χ1n) is 11.5. The summed E-state index contributed by atoms with van der Waals surface area (Å²) in [5, 5.41) is 3.33. The summed E-state index contributed by atoms with van der Waals surface area (Å²) in [4.78, 5) is 13.0. The number of imidazole rings is 1. The van der Waals surface area contributed by atoms with Crippen LogP contribution in [-0.4, -0.2) is 40.9 Å². The number of aromatic nitrogens is 3. The second-order valence-corrected chi connectivity index (χ2v) is 11.0. The maximum atomic E-state index is 15.0. The van der Waals surface area contributed by atoms with Crippen LogP contribution in [0.5, 0.6) is 5.75 Å². The standard InChI is InChI=1S/C23H16F8N4O5S/c1-2-41(37,38)33-17-8-35-18(22(17,27)28)9-34(21(35)36)7-15-20-12(19-13(25)3-10(24)4-14(19)26)5-11(39-23(29,30)31)6-16(20)40-32-15/h3-6,9,17,33H,2,7-8H2,1H3/t17-/m1/s1. The molecule has 0 radical (unpaired) electrons. The van der Waals surface area contributed by atoms with E-state index in [0.717, 1.165) is 10.8 Å². The molecule has 0 amide bonds. The van der Waals surface area contributed by atoms with E-state index < -0.39 is 98.5 Å². The third-order valence-electron chi connectivity index (χ3n) is 6.34. The minimum absolute atomic E-state index is 0.281. The van der Waals surface area contributed by atoms with Gasteiger partial charge in [0, 0.05) is 30.0 Å². The highest BCUT2D eigenvalue weighted by Crippen LogP contribution is 2.41. The van der Waals surface area contributed by atoms with Crippen molar-refractivity contribution < 1.29 is 52.8 Å². The van der Waals surface area contributed by atoms with E-state index in [1.165, 1.54) is 6.92 Å². The average molecular weight is 612 g/mol. The molecule has 18 heteroatoms. The number of nitrogens with zero attached hydrogens (tertiary/aromatic N) is 3. The van der Waals surface area contributed by atoms with Gasteiger partial charge in [0.25, 0.3) is 0 Å². The van der Waals surface area contributed by atoms with E-state index in [9.17, 15) is 39.6 Å². The Morgan fingerprint density at radius 2 is 1.80 bits per heavy atom. The molecule has 9 nitrogen and oxygen atoms in total. The number of halogens is 8. The van der Waals surface area contributed by atoms with Crippen LogP contribution in [0.1, 0.15) is 18.3 Å². The summed E-state index contributed by atoms with van der Waals surface area (Å²) in [6, 6.07) is -0.0905. The van der Waals surface area contributed by atoms with Crippen LogP contribution in [0, 0.1) is 17.5 Å². The number of sulfonamides is 1. The highest BCUT2D eigenvalue weighted by atomic mass is 32.2. The Morgan fingerprint density at radius 3 is 2.39 bits per heavy atom. The highest BCUT2D eigenvalue weighted by molar-refractivity contribution is 7.89. The number of hydrogen-bond donors (Lipinski definition) is 1. The number of nitrogens with one attached hydrogen (secondary N) is 1. The first-order valence-corrected chi connectivity index (χ1v) is 13.2. The predicted molar refractivity (Wildman–Crippen MR) is 124 cm³/mol. The Balaban J connectivity index is 1.61. The van der Waals surface area contributed by atoms with E-state index in [-0.39, 0.29) is 23.2 Å². The van der Waals surface area contributed by atoms with Crippen molar-refractivity contribution >= 4 is 21.0 Å². The first-order chi connectivity index (χ1) is 19.0. The molecule has 5 rings (SSSR count). The van der Waals surface area contributed by atoms with Gasteiger partial charge in [-0.2, -0.15) is 8.78 Å². The molecule has 0 aliphatic carbocycles. The molecule has 1 atom stereocenters. The maximum absolute atomic E-state index is 15.0. The van der Waals surface area contributed by atoms with Crippen molar-refractivity contribution in [2.45, 2.75) is 38.3 Å². The summed E-state index contributed by atoms with van der Waals surface area (Å²) < 4.78 is 147. The summed E-state index contributed by atoms with van der Waals surface area (Å²) in [6.45, 7) is -0.145. The third-order valence-corrected chi connectivity index (χ3v) is 7.74. The number of hydrogen-bond acceptors (Lipinski definition) is 6. The predicted octanol–water partition coefficient (Wildman–Crippen LogP) is 4.24. The fraction of sp³-hybridized carbons (Fsp3) is 0.304. The number of benzene rings is 2. The number of alkyl halides is 5. The van der Waals surface area contributed by atoms with Crippen molar-refractivity contribution in [1.82, 2.24) is 19.0 Å². The van der Waals surface area contributed by atoms with Gasteiger partial charge < -0.3 is 9.26 Å². The van der Waals surface area contributed by atoms with Gasteiger partial charge in [0.15, 0.2) is 5.58 Å².